The van der Waals surface area contributed by atoms with Crippen molar-refractivity contribution in [2.75, 3.05) is 5.73 Å². The Bertz CT molecular complexity index is 802. The quantitative estimate of drug-likeness (QED) is 0.678. The Kier molecular flexibility index (Phi) is 3.84. The number of halogens is 3. The van der Waals surface area contributed by atoms with E-state index < -0.39 is 0 Å². The van der Waals surface area contributed by atoms with Gasteiger partial charge in [-0.15, -0.1) is 5.10 Å². The lowest BCUT2D eigenvalue weighted by Crippen LogP contribution is -2.02. The van der Waals surface area contributed by atoms with Crippen molar-refractivity contribution in [1.29, 1.82) is 0 Å². The molecule has 0 saturated heterocycles. The average Bonchev–Trinajstić information content (AvgIpc) is 2.93. The minimum absolute atomic E-state index is 0.493. The van der Waals surface area contributed by atoms with Crippen molar-refractivity contribution in [1.82, 2.24) is 20.2 Å². The van der Waals surface area contributed by atoms with E-state index in [1.54, 1.807) is 24.3 Å². The minimum atomic E-state index is 0.493. The number of nitrogen functional groups attached to an aromatic ring is 1. The molecule has 0 aliphatic heterocycles. The lowest BCUT2D eigenvalue weighted by molar-refractivity contribution is 0.791. The molecular weight excluding hydrogens is 377 g/mol. The maximum atomic E-state index is 6.21. The molecule has 1 aromatic heterocycles. The molecule has 106 valence electrons. The van der Waals surface area contributed by atoms with Crippen molar-refractivity contribution >= 4 is 44.8 Å². The van der Waals surface area contributed by atoms with E-state index in [1.807, 2.05) is 12.1 Å². The summed E-state index contributed by atoms with van der Waals surface area (Å²) in [6.45, 7) is 0. The van der Waals surface area contributed by atoms with Crippen LogP contribution in [-0.2, 0) is 0 Å². The first-order chi connectivity index (χ1) is 10.1. The fraction of sp³-hybridized carbons (Fsp3) is 0. The Labute approximate surface area is 138 Å². The average molecular weight is 385 g/mol. The summed E-state index contributed by atoms with van der Waals surface area (Å²) in [4.78, 5) is 0. The molecule has 0 saturated carbocycles. The summed E-state index contributed by atoms with van der Waals surface area (Å²) < 4.78 is 2.24. The summed E-state index contributed by atoms with van der Waals surface area (Å²) in [5.74, 6) is 0.512. The number of nitrogens with zero attached hydrogens (tertiary/aromatic N) is 4. The summed E-state index contributed by atoms with van der Waals surface area (Å²) in [5, 5.41) is 12.8. The van der Waals surface area contributed by atoms with Gasteiger partial charge in [0.25, 0.3) is 0 Å². The van der Waals surface area contributed by atoms with Gasteiger partial charge < -0.3 is 5.73 Å². The van der Waals surface area contributed by atoms with Crippen LogP contribution in [0.3, 0.4) is 0 Å². The van der Waals surface area contributed by atoms with E-state index >= 15 is 0 Å². The van der Waals surface area contributed by atoms with E-state index in [1.165, 1.54) is 4.68 Å². The first-order valence-corrected chi connectivity index (χ1v) is 7.41. The number of rotatable bonds is 2. The van der Waals surface area contributed by atoms with Gasteiger partial charge in [-0.25, -0.2) is 0 Å². The first kappa shape index (κ1) is 14.3. The van der Waals surface area contributed by atoms with Gasteiger partial charge in [0.1, 0.15) is 0 Å². The van der Waals surface area contributed by atoms with Crippen LogP contribution in [0.4, 0.5) is 5.69 Å². The van der Waals surface area contributed by atoms with Crippen molar-refractivity contribution in [3.8, 4) is 17.1 Å². The van der Waals surface area contributed by atoms with Crippen molar-refractivity contribution in [2.24, 2.45) is 0 Å². The molecule has 21 heavy (non-hydrogen) atoms. The SMILES string of the molecule is Nc1cccc(-c2nnnn2-c2cc(Cl)ccc2Cl)c1Br. The topological polar surface area (TPSA) is 69.6 Å². The van der Waals surface area contributed by atoms with E-state index in [0.29, 0.717) is 27.2 Å². The van der Waals surface area contributed by atoms with Crippen LogP contribution >= 0.6 is 39.1 Å². The summed E-state index contributed by atoms with van der Waals surface area (Å²) in [5.41, 5.74) is 7.85. The van der Waals surface area contributed by atoms with Gasteiger partial charge in [0.05, 0.1) is 15.2 Å². The second-order valence-corrected chi connectivity index (χ2v) is 5.86. The number of tetrazole rings is 1. The van der Waals surface area contributed by atoms with Crippen LogP contribution in [-0.4, -0.2) is 20.2 Å². The lowest BCUT2D eigenvalue weighted by atomic mass is 10.2. The third kappa shape index (κ3) is 2.62. The van der Waals surface area contributed by atoms with Gasteiger partial charge in [-0.05, 0) is 56.7 Å². The molecule has 3 aromatic rings. The van der Waals surface area contributed by atoms with Gasteiger partial charge in [0, 0.05) is 16.3 Å². The van der Waals surface area contributed by atoms with Gasteiger partial charge in [-0.2, -0.15) is 4.68 Å². The molecule has 1 heterocycles. The molecule has 0 amide bonds. The van der Waals surface area contributed by atoms with E-state index in [4.69, 9.17) is 28.9 Å². The predicted octanol–water partition coefficient (Wildman–Crippen LogP) is 3.98. The Hall–Kier alpha value is -1.63. The van der Waals surface area contributed by atoms with E-state index in [2.05, 4.69) is 31.5 Å². The molecule has 5 nitrogen and oxygen atoms in total. The second-order valence-electron chi connectivity index (χ2n) is 4.22. The molecule has 2 N–H and O–H groups in total. The molecule has 0 aliphatic rings. The smallest absolute Gasteiger partial charge is 0.188 e. The van der Waals surface area contributed by atoms with Crippen LogP contribution in [0.25, 0.3) is 17.1 Å². The van der Waals surface area contributed by atoms with Gasteiger partial charge >= 0.3 is 0 Å². The van der Waals surface area contributed by atoms with Crippen LogP contribution in [0.2, 0.25) is 10.0 Å². The Morgan fingerprint density at radius 1 is 1.14 bits per heavy atom. The highest BCUT2D eigenvalue weighted by molar-refractivity contribution is 9.10. The Morgan fingerprint density at radius 2 is 1.95 bits per heavy atom. The maximum absolute atomic E-state index is 6.21. The molecule has 0 atom stereocenters. The Morgan fingerprint density at radius 3 is 2.76 bits per heavy atom. The fourth-order valence-corrected chi connectivity index (χ4v) is 2.69. The highest BCUT2D eigenvalue weighted by Gasteiger charge is 2.16. The van der Waals surface area contributed by atoms with Crippen LogP contribution in [0.1, 0.15) is 0 Å². The summed E-state index contributed by atoms with van der Waals surface area (Å²) in [6.07, 6.45) is 0. The monoisotopic (exact) mass is 383 g/mol. The highest BCUT2D eigenvalue weighted by Crippen LogP contribution is 2.33. The summed E-state index contributed by atoms with van der Waals surface area (Å²) in [7, 11) is 0. The number of hydrogen-bond acceptors (Lipinski definition) is 4. The van der Waals surface area contributed by atoms with Crippen molar-refractivity contribution in [3.63, 3.8) is 0 Å². The number of aromatic nitrogens is 4. The second kappa shape index (κ2) is 5.63. The zero-order chi connectivity index (χ0) is 15.0. The number of hydrogen-bond donors (Lipinski definition) is 1. The number of benzene rings is 2. The van der Waals surface area contributed by atoms with Gasteiger partial charge in [-0.3, -0.25) is 0 Å². The molecule has 8 heteroatoms. The third-order valence-electron chi connectivity index (χ3n) is 2.88. The van der Waals surface area contributed by atoms with Gasteiger partial charge in [0.2, 0.25) is 0 Å². The first-order valence-electron chi connectivity index (χ1n) is 5.86. The minimum Gasteiger partial charge on any atom is -0.398 e. The highest BCUT2D eigenvalue weighted by atomic mass is 79.9. The van der Waals surface area contributed by atoms with Crippen molar-refractivity contribution in [2.45, 2.75) is 0 Å². The molecule has 0 aliphatic carbocycles. The Balaban J connectivity index is 2.22. The third-order valence-corrected chi connectivity index (χ3v) is 4.32. The van der Waals surface area contributed by atoms with Gasteiger partial charge in [-0.1, -0.05) is 29.3 Å². The molecule has 0 unspecified atom stereocenters. The van der Waals surface area contributed by atoms with Crippen LogP contribution in [0.5, 0.6) is 0 Å². The number of anilines is 1. The summed E-state index contributed by atoms with van der Waals surface area (Å²) in [6, 6.07) is 10.6. The van der Waals surface area contributed by atoms with Crippen LogP contribution < -0.4 is 5.73 Å². The molecular formula is C13H8BrCl2N5. The zero-order valence-electron chi connectivity index (χ0n) is 10.5. The van der Waals surface area contributed by atoms with Crippen molar-refractivity contribution in [3.05, 3.63) is 50.9 Å². The molecule has 2 aromatic carbocycles. The van der Waals surface area contributed by atoms with Gasteiger partial charge in [0.15, 0.2) is 5.82 Å². The number of nitrogens with two attached hydrogens (primary N) is 1. The van der Waals surface area contributed by atoms with Crippen LogP contribution in [0, 0.1) is 0 Å². The fourth-order valence-electron chi connectivity index (χ4n) is 1.89. The maximum Gasteiger partial charge on any atom is 0.188 e. The molecule has 0 spiro atoms. The van der Waals surface area contributed by atoms with E-state index in [-0.39, 0.29) is 0 Å². The normalized spacial score (nSPS) is 10.8. The molecule has 0 bridgehead atoms. The van der Waals surface area contributed by atoms with Crippen molar-refractivity contribution < 1.29 is 0 Å². The predicted molar refractivity (Wildman–Crippen MR) is 86.7 cm³/mol. The lowest BCUT2D eigenvalue weighted by Gasteiger charge is -2.09. The molecule has 0 fully saturated rings. The standard InChI is InChI=1S/C13H8BrCl2N5/c14-12-8(2-1-3-10(12)17)13-18-19-20-21(13)11-6-7(15)4-5-9(11)16/h1-6H,17H2. The molecule has 0 radical (unpaired) electrons. The molecule has 3 rings (SSSR count). The van der Waals surface area contributed by atoms with Crippen LogP contribution in [0.15, 0.2) is 40.9 Å². The largest absolute Gasteiger partial charge is 0.398 e. The zero-order valence-corrected chi connectivity index (χ0v) is 13.6. The van der Waals surface area contributed by atoms with E-state index in [9.17, 15) is 0 Å². The van der Waals surface area contributed by atoms with E-state index in [0.717, 1.165) is 10.0 Å². The summed E-state index contributed by atoms with van der Waals surface area (Å²) >= 11 is 15.7.